The molecule has 1 aliphatic rings. The summed E-state index contributed by atoms with van der Waals surface area (Å²) in [4.78, 5) is 15.8. The molecular formula is C14H14N2O2. The Morgan fingerprint density at radius 1 is 1.39 bits per heavy atom. The van der Waals surface area contributed by atoms with Crippen LogP contribution in [0.5, 0.6) is 0 Å². The second-order valence-electron chi connectivity index (χ2n) is 4.56. The molecule has 0 saturated heterocycles. The number of furan rings is 1. The van der Waals surface area contributed by atoms with Crippen LogP contribution >= 0.6 is 0 Å². The highest BCUT2D eigenvalue weighted by Crippen LogP contribution is 2.27. The Morgan fingerprint density at radius 2 is 2.28 bits per heavy atom. The van der Waals surface area contributed by atoms with Gasteiger partial charge in [0.2, 0.25) is 0 Å². The van der Waals surface area contributed by atoms with Crippen LogP contribution in [0.2, 0.25) is 0 Å². The first-order valence-electron chi connectivity index (χ1n) is 6.11. The van der Waals surface area contributed by atoms with Gasteiger partial charge in [0.25, 0.3) is 5.91 Å². The van der Waals surface area contributed by atoms with Gasteiger partial charge in [-0.2, -0.15) is 0 Å². The minimum absolute atomic E-state index is 0.142. The summed E-state index contributed by atoms with van der Waals surface area (Å²) < 4.78 is 5.53. The molecule has 2 heterocycles. The Bertz CT molecular complexity index is 544. The van der Waals surface area contributed by atoms with Crippen LogP contribution in [-0.4, -0.2) is 17.4 Å². The summed E-state index contributed by atoms with van der Waals surface area (Å²) in [6.07, 6.45) is 5.86. The molecule has 2 aromatic rings. The molecule has 2 aromatic heterocycles. The molecule has 4 heteroatoms. The molecule has 1 N–H and O–H groups in total. The van der Waals surface area contributed by atoms with Crippen LogP contribution in [0.4, 0.5) is 0 Å². The largest absolute Gasteiger partial charge is 0.451 e. The van der Waals surface area contributed by atoms with Crippen molar-refractivity contribution in [3.05, 3.63) is 42.4 Å². The van der Waals surface area contributed by atoms with Crippen molar-refractivity contribution in [3.63, 3.8) is 0 Å². The fraction of sp³-hybridized carbons (Fsp3) is 0.286. The van der Waals surface area contributed by atoms with Crippen LogP contribution in [0.15, 0.2) is 41.1 Å². The Balaban J connectivity index is 1.70. The zero-order valence-corrected chi connectivity index (χ0v) is 9.93. The predicted octanol–water partition coefficient (Wildman–Crippen LogP) is 2.48. The molecule has 0 unspecified atom stereocenters. The van der Waals surface area contributed by atoms with E-state index in [1.807, 2.05) is 12.1 Å². The summed E-state index contributed by atoms with van der Waals surface area (Å²) in [5.41, 5.74) is 0.874. The third-order valence-electron chi connectivity index (χ3n) is 3.02. The third-order valence-corrected chi connectivity index (χ3v) is 3.02. The maximum Gasteiger partial charge on any atom is 0.287 e. The lowest BCUT2D eigenvalue weighted by molar-refractivity contribution is 0.0925. The van der Waals surface area contributed by atoms with Crippen LogP contribution in [0.1, 0.15) is 23.4 Å². The highest BCUT2D eigenvalue weighted by Gasteiger charge is 2.22. The number of carbonyl (C=O) groups excluding carboxylic acids is 1. The van der Waals surface area contributed by atoms with E-state index in [0.29, 0.717) is 17.4 Å². The van der Waals surface area contributed by atoms with E-state index in [9.17, 15) is 4.79 Å². The van der Waals surface area contributed by atoms with E-state index < -0.39 is 0 Å². The fourth-order valence-corrected chi connectivity index (χ4v) is 1.77. The SMILES string of the molecule is O=C(NCC1CC1)c1ccc(-c2cccnc2)o1. The van der Waals surface area contributed by atoms with E-state index in [2.05, 4.69) is 10.3 Å². The molecule has 1 aliphatic carbocycles. The van der Waals surface area contributed by atoms with Gasteiger partial charge in [0.15, 0.2) is 5.76 Å². The molecule has 1 saturated carbocycles. The summed E-state index contributed by atoms with van der Waals surface area (Å²) >= 11 is 0. The first-order chi connectivity index (χ1) is 8.83. The number of nitrogens with zero attached hydrogens (tertiary/aromatic N) is 1. The number of hydrogen-bond acceptors (Lipinski definition) is 3. The molecule has 0 aromatic carbocycles. The lowest BCUT2D eigenvalue weighted by Gasteiger charge is -2.00. The van der Waals surface area contributed by atoms with Gasteiger partial charge in [0, 0.05) is 24.5 Å². The van der Waals surface area contributed by atoms with Gasteiger partial charge >= 0.3 is 0 Å². The van der Waals surface area contributed by atoms with Crippen molar-refractivity contribution in [3.8, 4) is 11.3 Å². The number of rotatable bonds is 4. The third kappa shape index (κ3) is 2.42. The van der Waals surface area contributed by atoms with Crippen molar-refractivity contribution >= 4 is 5.91 Å². The molecule has 0 atom stereocenters. The van der Waals surface area contributed by atoms with E-state index in [1.54, 1.807) is 24.5 Å². The van der Waals surface area contributed by atoms with Crippen LogP contribution < -0.4 is 5.32 Å². The number of carbonyl (C=O) groups is 1. The zero-order chi connectivity index (χ0) is 12.4. The van der Waals surface area contributed by atoms with Gasteiger partial charge in [0.05, 0.1) is 0 Å². The normalized spacial score (nSPS) is 14.4. The van der Waals surface area contributed by atoms with Gasteiger partial charge < -0.3 is 9.73 Å². The van der Waals surface area contributed by atoms with Gasteiger partial charge in [-0.3, -0.25) is 9.78 Å². The number of amides is 1. The van der Waals surface area contributed by atoms with E-state index >= 15 is 0 Å². The summed E-state index contributed by atoms with van der Waals surface area (Å²) in [5, 5.41) is 2.88. The van der Waals surface area contributed by atoms with Gasteiger partial charge in [-0.15, -0.1) is 0 Å². The van der Waals surface area contributed by atoms with Crippen molar-refractivity contribution in [1.82, 2.24) is 10.3 Å². The van der Waals surface area contributed by atoms with Crippen molar-refractivity contribution in [2.45, 2.75) is 12.8 Å². The summed E-state index contributed by atoms with van der Waals surface area (Å²) in [5.74, 6) is 1.55. The van der Waals surface area contributed by atoms with E-state index in [0.717, 1.165) is 12.1 Å². The van der Waals surface area contributed by atoms with E-state index in [4.69, 9.17) is 4.42 Å². The number of nitrogens with one attached hydrogen (secondary N) is 1. The standard InChI is InChI=1S/C14H14N2O2/c17-14(16-8-10-3-4-10)13-6-5-12(18-13)11-2-1-7-15-9-11/h1-2,5-7,9-10H,3-4,8H2,(H,16,17). The maximum absolute atomic E-state index is 11.8. The molecule has 4 nitrogen and oxygen atoms in total. The second-order valence-corrected chi connectivity index (χ2v) is 4.56. The minimum Gasteiger partial charge on any atom is -0.451 e. The zero-order valence-electron chi connectivity index (χ0n) is 9.93. The maximum atomic E-state index is 11.8. The molecule has 0 radical (unpaired) electrons. The van der Waals surface area contributed by atoms with Crippen molar-refractivity contribution in [2.24, 2.45) is 5.92 Å². The summed E-state index contributed by atoms with van der Waals surface area (Å²) in [7, 11) is 0. The van der Waals surface area contributed by atoms with Gasteiger partial charge in [-0.25, -0.2) is 0 Å². The Hall–Kier alpha value is -2.10. The number of hydrogen-bond donors (Lipinski definition) is 1. The van der Waals surface area contributed by atoms with Crippen LogP contribution in [0.3, 0.4) is 0 Å². The van der Waals surface area contributed by atoms with E-state index in [1.165, 1.54) is 12.8 Å². The summed E-state index contributed by atoms with van der Waals surface area (Å²) in [6.45, 7) is 0.752. The summed E-state index contributed by atoms with van der Waals surface area (Å²) in [6, 6.07) is 7.23. The Labute approximate surface area is 105 Å². The Morgan fingerprint density at radius 3 is 3.00 bits per heavy atom. The van der Waals surface area contributed by atoms with Crippen LogP contribution in [0, 0.1) is 5.92 Å². The molecule has 1 fully saturated rings. The predicted molar refractivity (Wildman–Crippen MR) is 67.0 cm³/mol. The number of aromatic nitrogens is 1. The molecule has 0 aliphatic heterocycles. The molecule has 3 rings (SSSR count). The van der Waals surface area contributed by atoms with Gasteiger partial charge in [0.1, 0.15) is 5.76 Å². The van der Waals surface area contributed by atoms with Gasteiger partial charge in [-0.05, 0) is 43.0 Å². The average Bonchev–Trinajstić information content (AvgIpc) is 3.11. The lowest BCUT2D eigenvalue weighted by Crippen LogP contribution is -2.24. The minimum atomic E-state index is -0.142. The van der Waals surface area contributed by atoms with Crippen LogP contribution in [-0.2, 0) is 0 Å². The molecule has 92 valence electrons. The molecule has 1 amide bonds. The highest BCUT2D eigenvalue weighted by molar-refractivity contribution is 5.92. The quantitative estimate of drug-likeness (QED) is 0.896. The highest BCUT2D eigenvalue weighted by atomic mass is 16.3. The monoisotopic (exact) mass is 242 g/mol. The fourth-order valence-electron chi connectivity index (χ4n) is 1.77. The van der Waals surface area contributed by atoms with Crippen molar-refractivity contribution in [2.75, 3.05) is 6.54 Å². The Kier molecular flexibility index (Phi) is 2.84. The topological polar surface area (TPSA) is 55.1 Å². The van der Waals surface area contributed by atoms with Gasteiger partial charge in [-0.1, -0.05) is 0 Å². The molecule has 18 heavy (non-hydrogen) atoms. The second kappa shape index (κ2) is 4.64. The number of pyridine rings is 1. The van der Waals surface area contributed by atoms with E-state index in [-0.39, 0.29) is 5.91 Å². The van der Waals surface area contributed by atoms with Crippen molar-refractivity contribution < 1.29 is 9.21 Å². The van der Waals surface area contributed by atoms with Crippen LogP contribution in [0.25, 0.3) is 11.3 Å². The lowest BCUT2D eigenvalue weighted by atomic mass is 10.2. The molecule has 0 spiro atoms. The molecular weight excluding hydrogens is 228 g/mol. The smallest absolute Gasteiger partial charge is 0.287 e. The first kappa shape index (κ1) is 11.0. The average molecular weight is 242 g/mol. The molecule has 0 bridgehead atoms. The first-order valence-corrected chi connectivity index (χ1v) is 6.11. The van der Waals surface area contributed by atoms with Crippen molar-refractivity contribution in [1.29, 1.82) is 0 Å².